The van der Waals surface area contributed by atoms with Crippen LogP contribution in [-0.4, -0.2) is 32.1 Å². The number of piperidine rings is 1. The van der Waals surface area contributed by atoms with E-state index in [1.807, 2.05) is 12.1 Å². The van der Waals surface area contributed by atoms with Gasteiger partial charge in [0.25, 0.3) is 0 Å². The minimum Gasteiger partial charge on any atom is -0.372 e. The van der Waals surface area contributed by atoms with Crippen LogP contribution in [0.5, 0.6) is 0 Å². The molecule has 3 rings (SSSR count). The molecule has 24 heavy (non-hydrogen) atoms. The Morgan fingerprint density at radius 1 is 1.29 bits per heavy atom. The van der Waals surface area contributed by atoms with Gasteiger partial charge >= 0.3 is 0 Å². The number of benzene rings is 1. The highest BCUT2D eigenvalue weighted by molar-refractivity contribution is 5.95. The van der Waals surface area contributed by atoms with Crippen molar-refractivity contribution in [2.45, 2.75) is 39.2 Å². The van der Waals surface area contributed by atoms with Crippen molar-refractivity contribution >= 4 is 42.1 Å². The number of rotatable bonds is 4. The third kappa shape index (κ3) is 4.35. The maximum Gasteiger partial charge on any atom is 0.228 e. The van der Waals surface area contributed by atoms with Gasteiger partial charge in [-0.05, 0) is 69.8 Å². The molecule has 4 nitrogen and oxygen atoms in total. The molecule has 1 unspecified atom stereocenters. The Kier molecular flexibility index (Phi) is 7.39. The molecule has 2 aliphatic rings. The van der Waals surface area contributed by atoms with Crippen molar-refractivity contribution in [3.8, 4) is 0 Å². The fourth-order valence-electron chi connectivity index (χ4n) is 3.53. The van der Waals surface area contributed by atoms with Gasteiger partial charge in [-0.2, -0.15) is 0 Å². The van der Waals surface area contributed by atoms with Gasteiger partial charge in [0.1, 0.15) is 0 Å². The number of halogens is 2. The molecule has 0 bridgehead atoms. The van der Waals surface area contributed by atoms with Crippen LogP contribution >= 0.6 is 24.8 Å². The van der Waals surface area contributed by atoms with Gasteiger partial charge in [0.15, 0.2) is 0 Å². The lowest BCUT2D eigenvalue weighted by Gasteiger charge is -2.24. The topological polar surface area (TPSA) is 44.4 Å². The highest BCUT2D eigenvalue weighted by Gasteiger charge is 2.57. The van der Waals surface area contributed by atoms with Crippen molar-refractivity contribution in [1.82, 2.24) is 5.32 Å². The fourth-order valence-corrected chi connectivity index (χ4v) is 3.53. The van der Waals surface area contributed by atoms with Crippen molar-refractivity contribution in [2.24, 2.45) is 11.3 Å². The van der Waals surface area contributed by atoms with E-state index in [1.165, 1.54) is 0 Å². The van der Waals surface area contributed by atoms with Gasteiger partial charge in [-0.3, -0.25) is 4.79 Å². The molecule has 1 aromatic carbocycles. The van der Waals surface area contributed by atoms with Crippen molar-refractivity contribution in [1.29, 1.82) is 0 Å². The molecule has 2 fully saturated rings. The van der Waals surface area contributed by atoms with E-state index in [-0.39, 0.29) is 36.6 Å². The summed E-state index contributed by atoms with van der Waals surface area (Å²) in [5, 5.41) is 6.51. The van der Waals surface area contributed by atoms with Gasteiger partial charge in [-0.25, -0.2) is 0 Å². The van der Waals surface area contributed by atoms with Crippen molar-refractivity contribution in [2.75, 3.05) is 30.4 Å². The lowest BCUT2D eigenvalue weighted by Crippen LogP contribution is -2.31. The summed E-state index contributed by atoms with van der Waals surface area (Å²) < 4.78 is 0. The Balaban J connectivity index is 0.00000144. The van der Waals surface area contributed by atoms with Crippen LogP contribution in [0.2, 0.25) is 0 Å². The molecule has 6 heteroatoms. The van der Waals surface area contributed by atoms with E-state index in [9.17, 15) is 4.79 Å². The summed E-state index contributed by atoms with van der Waals surface area (Å²) in [7, 11) is 2.08. The van der Waals surface area contributed by atoms with E-state index in [0.29, 0.717) is 11.5 Å². The first-order valence-electron chi connectivity index (χ1n) is 8.36. The zero-order valence-corrected chi connectivity index (χ0v) is 16.3. The normalized spacial score (nSPS) is 20.8. The van der Waals surface area contributed by atoms with Gasteiger partial charge in [0, 0.05) is 30.4 Å². The number of anilines is 2. The molecule has 0 aromatic heterocycles. The summed E-state index contributed by atoms with van der Waals surface area (Å²) in [6, 6.07) is 8.58. The molecule has 0 radical (unpaired) electrons. The molecule has 1 spiro atoms. The molecule has 136 valence electrons. The highest BCUT2D eigenvalue weighted by atomic mass is 35.5. The third-order valence-electron chi connectivity index (χ3n) is 5.40. The molecule has 1 aliphatic carbocycles. The number of carbonyl (C=O) groups excluding carboxylic acids is 1. The maximum atomic E-state index is 12.5. The standard InChI is InChI=1S/C18H27N3O.2ClH/c1-13(2)21(3)15-6-4-5-14(11-15)20-17(22)16-12-18(16)7-9-19-10-8-18;;/h4-6,11,13,16,19H,7-10,12H2,1-3H3,(H,20,22);2*1H. The van der Waals surface area contributed by atoms with Crippen LogP contribution in [0.3, 0.4) is 0 Å². The molecule has 1 heterocycles. The molecule has 1 aromatic rings. The number of carbonyl (C=O) groups is 1. The number of nitrogens with one attached hydrogen (secondary N) is 2. The lowest BCUT2D eigenvalue weighted by atomic mass is 9.92. The number of hydrogen-bond donors (Lipinski definition) is 2. The van der Waals surface area contributed by atoms with Crippen LogP contribution in [-0.2, 0) is 4.79 Å². The summed E-state index contributed by atoms with van der Waals surface area (Å²) in [5.41, 5.74) is 2.34. The Morgan fingerprint density at radius 3 is 2.58 bits per heavy atom. The average molecular weight is 374 g/mol. The Labute approximate surface area is 157 Å². The Morgan fingerprint density at radius 2 is 1.96 bits per heavy atom. The second kappa shape index (κ2) is 8.41. The predicted molar refractivity (Wildman–Crippen MR) is 106 cm³/mol. The van der Waals surface area contributed by atoms with E-state index < -0.39 is 0 Å². The number of nitrogens with zero attached hydrogens (tertiary/aromatic N) is 1. The molecule has 1 saturated heterocycles. The first-order valence-corrected chi connectivity index (χ1v) is 8.36. The summed E-state index contributed by atoms with van der Waals surface area (Å²) in [5.74, 6) is 0.410. The van der Waals surface area contributed by atoms with E-state index in [4.69, 9.17) is 0 Å². The van der Waals surface area contributed by atoms with Crippen LogP contribution in [0.15, 0.2) is 24.3 Å². The Hall–Kier alpha value is -0.970. The van der Waals surface area contributed by atoms with E-state index in [0.717, 1.165) is 43.7 Å². The highest BCUT2D eigenvalue weighted by Crippen LogP contribution is 2.58. The second-order valence-electron chi connectivity index (χ2n) is 7.11. The molecule has 1 amide bonds. The second-order valence-corrected chi connectivity index (χ2v) is 7.11. The largest absolute Gasteiger partial charge is 0.372 e. The third-order valence-corrected chi connectivity index (χ3v) is 5.40. The summed E-state index contributed by atoms with van der Waals surface area (Å²) in [6.07, 6.45) is 3.34. The molecule has 1 atom stereocenters. The van der Waals surface area contributed by atoms with Crippen molar-refractivity contribution in [3.63, 3.8) is 0 Å². The average Bonchev–Trinajstić information content (AvgIpc) is 3.20. The fraction of sp³-hybridized carbons (Fsp3) is 0.611. The predicted octanol–water partition coefficient (Wildman–Crippen LogP) is 3.70. The van der Waals surface area contributed by atoms with E-state index in [1.54, 1.807) is 0 Å². The molecule has 2 N–H and O–H groups in total. The number of amides is 1. The lowest BCUT2D eigenvalue weighted by molar-refractivity contribution is -0.118. The van der Waals surface area contributed by atoms with Gasteiger partial charge < -0.3 is 15.5 Å². The van der Waals surface area contributed by atoms with E-state index >= 15 is 0 Å². The first kappa shape index (κ1) is 21.1. The zero-order valence-electron chi connectivity index (χ0n) is 14.7. The van der Waals surface area contributed by atoms with Crippen molar-refractivity contribution < 1.29 is 4.79 Å². The SMILES string of the molecule is CC(C)N(C)c1cccc(NC(=O)C2CC23CCNCC3)c1.Cl.Cl. The monoisotopic (exact) mass is 373 g/mol. The maximum absolute atomic E-state index is 12.5. The van der Waals surface area contributed by atoms with Gasteiger partial charge in [-0.15, -0.1) is 24.8 Å². The smallest absolute Gasteiger partial charge is 0.228 e. The first-order chi connectivity index (χ1) is 10.5. The zero-order chi connectivity index (χ0) is 15.7. The van der Waals surface area contributed by atoms with Crippen LogP contribution in [0.4, 0.5) is 11.4 Å². The minimum atomic E-state index is 0. The van der Waals surface area contributed by atoms with Gasteiger partial charge in [0.05, 0.1) is 0 Å². The minimum absolute atomic E-state index is 0. The summed E-state index contributed by atoms with van der Waals surface area (Å²) in [6.45, 7) is 6.43. The Bertz CT molecular complexity index is 559. The van der Waals surface area contributed by atoms with Crippen LogP contribution < -0.4 is 15.5 Å². The molecule has 1 aliphatic heterocycles. The molecular formula is C18H29Cl2N3O. The number of hydrogen-bond acceptors (Lipinski definition) is 3. The van der Waals surface area contributed by atoms with Gasteiger partial charge in [-0.1, -0.05) is 6.07 Å². The van der Waals surface area contributed by atoms with Crippen LogP contribution in [0.25, 0.3) is 0 Å². The molecular weight excluding hydrogens is 345 g/mol. The molecule has 1 saturated carbocycles. The van der Waals surface area contributed by atoms with Crippen LogP contribution in [0.1, 0.15) is 33.1 Å². The van der Waals surface area contributed by atoms with Crippen LogP contribution in [0, 0.1) is 11.3 Å². The quantitative estimate of drug-likeness (QED) is 0.845. The summed E-state index contributed by atoms with van der Waals surface area (Å²) >= 11 is 0. The van der Waals surface area contributed by atoms with Crippen molar-refractivity contribution in [3.05, 3.63) is 24.3 Å². The summed E-state index contributed by atoms with van der Waals surface area (Å²) in [4.78, 5) is 14.7. The van der Waals surface area contributed by atoms with E-state index in [2.05, 4.69) is 48.6 Å². The van der Waals surface area contributed by atoms with Gasteiger partial charge in [0.2, 0.25) is 5.91 Å².